The number of anilines is 1. The number of benzene rings is 2. The molecule has 3 N–H and O–H groups in total. The van der Waals surface area contributed by atoms with Gasteiger partial charge in [0.15, 0.2) is 0 Å². The zero-order valence-corrected chi connectivity index (χ0v) is 11.4. The van der Waals surface area contributed by atoms with Gasteiger partial charge in [-0.05, 0) is 36.8 Å². The molecular formula is C16H17N3O. The van der Waals surface area contributed by atoms with Crippen LogP contribution in [0.3, 0.4) is 0 Å². The van der Waals surface area contributed by atoms with Gasteiger partial charge in [-0.1, -0.05) is 18.2 Å². The molecule has 0 saturated heterocycles. The van der Waals surface area contributed by atoms with Crippen molar-refractivity contribution in [2.24, 2.45) is 0 Å². The molecular weight excluding hydrogens is 250 g/mol. The summed E-state index contributed by atoms with van der Waals surface area (Å²) in [6.45, 7) is 2.64. The molecule has 3 aromatic rings. The first-order valence-electron chi connectivity index (χ1n) is 6.62. The molecule has 0 bridgehead atoms. The minimum Gasteiger partial charge on any atom is -0.399 e. The molecule has 0 aliphatic heterocycles. The number of fused-ring (bicyclic) bond motifs is 1. The molecule has 0 spiro atoms. The summed E-state index contributed by atoms with van der Waals surface area (Å²) >= 11 is 0. The van der Waals surface area contributed by atoms with Crippen LogP contribution in [-0.4, -0.2) is 21.3 Å². The number of nitrogens with two attached hydrogens (primary N) is 1. The maximum Gasteiger partial charge on any atom is 0.141 e. The molecule has 0 aliphatic carbocycles. The van der Waals surface area contributed by atoms with E-state index in [0.717, 1.165) is 22.4 Å². The van der Waals surface area contributed by atoms with E-state index in [-0.39, 0.29) is 6.61 Å². The van der Waals surface area contributed by atoms with Gasteiger partial charge < -0.3 is 15.4 Å². The van der Waals surface area contributed by atoms with E-state index in [9.17, 15) is 5.11 Å². The highest BCUT2D eigenvalue weighted by Crippen LogP contribution is 2.26. The molecule has 20 heavy (non-hydrogen) atoms. The number of imidazole rings is 1. The lowest BCUT2D eigenvalue weighted by Gasteiger charge is -2.08. The first kappa shape index (κ1) is 12.7. The Kier molecular flexibility index (Phi) is 3.16. The van der Waals surface area contributed by atoms with Crippen LogP contribution in [0.25, 0.3) is 22.4 Å². The molecule has 102 valence electrons. The van der Waals surface area contributed by atoms with E-state index in [1.807, 2.05) is 41.8 Å². The molecule has 4 nitrogen and oxygen atoms in total. The average molecular weight is 267 g/mol. The van der Waals surface area contributed by atoms with Crippen molar-refractivity contribution in [3.8, 4) is 11.4 Å². The predicted octanol–water partition coefficient (Wildman–Crippen LogP) is 2.59. The Bertz CT molecular complexity index is 762. The number of hydrogen-bond donors (Lipinski definition) is 2. The predicted molar refractivity (Wildman–Crippen MR) is 81.4 cm³/mol. The third kappa shape index (κ3) is 2.14. The monoisotopic (exact) mass is 267 g/mol. The lowest BCUT2D eigenvalue weighted by Crippen LogP contribution is -2.04. The van der Waals surface area contributed by atoms with Gasteiger partial charge in [0.1, 0.15) is 5.82 Å². The second kappa shape index (κ2) is 4.98. The molecule has 0 fully saturated rings. The Balaban J connectivity index is 2.25. The average Bonchev–Trinajstić information content (AvgIpc) is 2.77. The van der Waals surface area contributed by atoms with Crippen LogP contribution in [0.15, 0.2) is 42.5 Å². The molecule has 4 heteroatoms. The lowest BCUT2D eigenvalue weighted by molar-refractivity contribution is 0.278. The van der Waals surface area contributed by atoms with Gasteiger partial charge in [-0.25, -0.2) is 4.98 Å². The molecule has 0 aliphatic rings. The largest absolute Gasteiger partial charge is 0.399 e. The standard InChI is InChI=1S/C16H17N3O/c1-11-5-6-15-14(9-11)18-16(19(15)7-8-20)12-3-2-4-13(17)10-12/h2-6,9-10,20H,7-8,17H2,1H3. The Hall–Kier alpha value is -2.33. The smallest absolute Gasteiger partial charge is 0.141 e. The zero-order chi connectivity index (χ0) is 14.1. The topological polar surface area (TPSA) is 64.1 Å². The molecule has 0 amide bonds. The zero-order valence-electron chi connectivity index (χ0n) is 11.4. The van der Waals surface area contributed by atoms with E-state index in [1.54, 1.807) is 0 Å². The third-order valence-corrected chi connectivity index (χ3v) is 3.37. The van der Waals surface area contributed by atoms with Crippen LogP contribution in [0.1, 0.15) is 5.56 Å². The number of aromatic nitrogens is 2. The number of aryl methyl sites for hydroxylation is 1. The molecule has 0 radical (unpaired) electrons. The molecule has 0 unspecified atom stereocenters. The van der Waals surface area contributed by atoms with Crippen molar-refractivity contribution in [3.63, 3.8) is 0 Å². The van der Waals surface area contributed by atoms with Crippen molar-refractivity contribution in [2.45, 2.75) is 13.5 Å². The van der Waals surface area contributed by atoms with Gasteiger partial charge in [0.2, 0.25) is 0 Å². The third-order valence-electron chi connectivity index (χ3n) is 3.37. The number of nitrogens with zero attached hydrogens (tertiary/aromatic N) is 2. The molecule has 1 aromatic heterocycles. The summed E-state index contributed by atoms with van der Waals surface area (Å²) < 4.78 is 2.03. The van der Waals surface area contributed by atoms with E-state index in [4.69, 9.17) is 10.7 Å². The van der Waals surface area contributed by atoms with E-state index in [2.05, 4.69) is 12.1 Å². The van der Waals surface area contributed by atoms with Crippen LogP contribution in [0.2, 0.25) is 0 Å². The van der Waals surface area contributed by atoms with Crippen LogP contribution >= 0.6 is 0 Å². The van der Waals surface area contributed by atoms with Crippen molar-refractivity contribution < 1.29 is 5.11 Å². The summed E-state index contributed by atoms with van der Waals surface area (Å²) in [5.41, 5.74) is 10.7. The minimum atomic E-state index is 0.0780. The van der Waals surface area contributed by atoms with E-state index in [0.29, 0.717) is 12.2 Å². The quantitative estimate of drug-likeness (QED) is 0.717. The fourth-order valence-electron chi connectivity index (χ4n) is 2.46. The van der Waals surface area contributed by atoms with Crippen molar-refractivity contribution in [2.75, 3.05) is 12.3 Å². The summed E-state index contributed by atoms with van der Waals surface area (Å²) in [6, 6.07) is 13.8. The van der Waals surface area contributed by atoms with Crippen LogP contribution in [0.5, 0.6) is 0 Å². The summed E-state index contributed by atoms with van der Waals surface area (Å²) in [5.74, 6) is 0.840. The van der Waals surface area contributed by atoms with Crippen molar-refractivity contribution in [1.82, 2.24) is 9.55 Å². The normalized spacial score (nSPS) is 11.1. The van der Waals surface area contributed by atoms with Crippen LogP contribution in [0.4, 0.5) is 5.69 Å². The van der Waals surface area contributed by atoms with Gasteiger partial charge in [0.05, 0.1) is 17.6 Å². The Morgan fingerprint density at radius 2 is 2.05 bits per heavy atom. The molecule has 0 saturated carbocycles. The summed E-state index contributed by atoms with van der Waals surface area (Å²) in [7, 11) is 0. The van der Waals surface area contributed by atoms with Crippen LogP contribution in [0, 0.1) is 6.92 Å². The second-order valence-corrected chi connectivity index (χ2v) is 4.93. The van der Waals surface area contributed by atoms with E-state index in [1.165, 1.54) is 5.56 Å². The summed E-state index contributed by atoms with van der Waals surface area (Å²) in [5, 5.41) is 9.30. The van der Waals surface area contributed by atoms with Gasteiger partial charge in [-0.3, -0.25) is 0 Å². The first-order chi connectivity index (χ1) is 9.69. The molecule has 3 rings (SSSR count). The van der Waals surface area contributed by atoms with Gasteiger partial charge in [0.25, 0.3) is 0 Å². The number of rotatable bonds is 3. The second-order valence-electron chi connectivity index (χ2n) is 4.93. The lowest BCUT2D eigenvalue weighted by atomic mass is 10.2. The molecule has 2 aromatic carbocycles. The number of aliphatic hydroxyl groups excluding tert-OH is 1. The van der Waals surface area contributed by atoms with E-state index < -0.39 is 0 Å². The highest BCUT2D eigenvalue weighted by molar-refractivity contribution is 5.81. The fraction of sp³-hybridized carbons (Fsp3) is 0.188. The summed E-state index contributed by atoms with van der Waals surface area (Å²) in [4.78, 5) is 4.70. The highest BCUT2D eigenvalue weighted by Gasteiger charge is 2.12. The number of hydrogen-bond acceptors (Lipinski definition) is 3. The Morgan fingerprint density at radius 3 is 2.80 bits per heavy atom. The van der Waals surface area contributed by atoms with Crippen LogP contribution in [-0.2, 0) is 6.54 Å². The Labute approximate surface area is 117 Å². The van der Waals surface area contributed by atoms with Gasteiger partial charge >= 0.3 is 0 Å². The van der Waals surface area contributed by atoms with Gasteiger partial charge in [0, 0.05) is 17.8 Å². The molecule has 1 heterocycles. The maximum absolute atomic E-state index is 9.30. The minimum absolute atomic E-state index is 0.0780. The maximum atomic E-state index is 9.30. The number of aliphatic hydroxyl groups is 1. The van der Waals surface area contributed by atoms with Crippen molar-refractivity contribution >= 4 is 16.7 Å². The van der Waals surface area contributed by atoms with Crippen LogP contribution < -0.4 is 5.73 Å². The SMILES string of the molecule is Cc1ccc2c(c1)nc(-c1cccc(N)c1)n2CCO. The molecule has 0 atom stereocenters. The van der Waals surface area contributed by atoms with E-state index >= 15 is 0 Å². The number of nitrogen functional groups attached to an aromatic ring is 1. The fourth-order valence-corrected chi connectivity index (χ4v) is 2.46. The van der Waals surface area contributed by atoms with Crippen molar-refractivity contribution in [1.29, 1.82) is 0 Å². The van der Waals surface area contributed by atoms with Gasteiger partial charge in [-0.2, -0.15) is 0 Å². The highest BCUT2D eigenvalue weighted by atomic mass is 16.3. The Morgan fingerprint density at radius 1 is 1.20 bits per heavy atom. The first-order valence-corrected chi connectivity index (χ1v) is 6.62. The van der Waals surface area contributed by atoms with Gasteiger partial charge in [-0.15, -0.1) is 0 Å². The summed E-state index contributed by atoms with van der Waals surface area (Å²) in [6.07, 6.45) is 0. The van der Waals surface area contributed by atoms with Crippen molar-refractivity contribution in [3.05, 3.63) is 48.0 Å².